The zero-order valence-corrected chi connectivity index (χ0v) is 11.4. The molecule has 1 heterocycles. The molecule has 0 radical (unpaired) electrons. The fraction of sp³-hybridized carbons (Fsp3) is 0.188. The van der Waals surface area contributed by atoms with Gasteiger partial charge in [0, 0.05) is 25.8 Å². The molecule has 1 aliphatic rings. The molecule has 4 heteroatoms. The molecule has 0 unspecified atom stereocenters. The minimum Gasteiger partial charge on any atom is -0.399 e. The fourth-order valence-electron chi connectivity index (χ4n) is 2.54. The van der Waals surface area contributed by atoms with Gasteiger partial charge in [-0.2, -0.15) is 0 Å². The van der Waals surface area contributed by atoms with E-state index in [2.05, 4.69) is 0 Å². The van der Waals surface area contributed by atoms with Gasteiger partial charge in [0.1, 0.15) is 0 Å². The molecule has 0 fully saturated rings. The van der Waals surface area contributed by atoms with Gasteiger partial charge >= 0.3 is 6.03 Å². The number of nitrogens with zero attached hydrogens (tertiary/aromatic N) is 2. The zero-order chi connectivity index (χ0) is 14.1. The van der Waals surface area contributed by atoms with Crippen molar-refractivity contribution in [3.63, 3.8) is 0 Å². The van der Waals surface area contributed by atoms with Crippen molar-refractivity contribution in [1.29, 1.82) is 0 Å². The summed E-state index contributed by atoms with van der Waals surface area (Å²) in [5.74, 6) is 0. The molecular formula is C16H17N3O. The summed E-state index contributed by atoms with van der Waals surface area (Å²) < 4.78 is 0. The number of nitrogens with two attached hydrogens (primary N) is 1. The van der Waals surface area contributed by atoms with Crippen molar-refractivity contribution in [3.05, 3.63) is 59.7 Å². The van der Waals surface area contributed by atoms with Crippen molar-refractivity contribution >= 4 is 17.4 Å². The highest BCUT2D eigenvalue weighted by Gasteiger charge is 2.27. The van der Waals surface area contributed by atoms with Gasteiger partial charge in [-0.1, -0.05) is 36.4 Å². The van der Waals surface area contributed by atoms with E-state index >= 15 is 0 Å². The first-order chi connectivity index (χ1) is 9.65. The van der Waals surface area contributed by atoms with E-state index in [1.54, 1.807) is 11.9 Å². The first-order valence-electron chi connectivity index (χ1n) is 6.60. The fourth-order valence-corrected chi connectivity index (χ4v) is 2.54. The predicted octanol–water partition coefficient (Wildman–Crippen LogP) is 2.84. The van der Waals surface area contributed by atoms with Crippen LogP contribution in [0.3, 0.4) is 0 Å². The van der Waals surface area contributed by atoms with Crippen LogP contribution in [0, 0.1) is 0 Å². The normalized spacial score (nSPS) is 14.3. The molecule has 0 aromatic heterocycles. The summed E-state index contributed by atoms with van der Waals surface area (Å²) in [5.41, 5.74) is 9.63. The molecule has 0 saturated carbocycles. The second-order valence-electron chi connectivity index (χ2n) is 5.07. The molecule has 0 aliphatic carbocycles. The maximum Gasteiger partial charge on any atom is 0.324 e. The van der Waals surface area contributed by atoms with Crippen LogP contribution in [0.15, 0.2) is 48.5 Å². The van der Waals surface area contributed by atoms with Crippen molar-refractivity contribution in [1.82, 2.24) is 4.90 Å². The maximum absolute atomic E-state index is 12.4. The Morgan fingerprint density at radius 1 is 1.15 bits per heavy atom. The van der Waals surface area contributed by atoms with Gasteiger partial charge in [-0.05, 0) is 23.3 Å². The van der Waals surface area contributed by atoms with Crippen LogP contribution < -0.4 is 10.6 Å². The lowest BCUT2D eigenvalue weighted by atomic mass is 10.1. The number of carbonyl (C=O) groups excluding carboxylic acids is 1. The van der Waals surface area contributed by atoms with Crippen LogP contribution in [0.2, 0.25) is 0 Å². The van der Waals surface area contributed by atoms with Crippen LogP contribution >= 0.6 is 0 Å². The SMILES string of the molecule is CN1C(=O)N(Cc2ccccc2)Cc2ccc(N)cc21. The molecule has 2 amide bonds. The van der Waals surface area contributed by atoms with Crippen LogP contribution in [0.5, 0.6) is 0 Å². The Kier molecular flexibility index (Phi) is 3.06. The van der Waals surface area contributed by atoms with Crippen molar-refractivity contribution in [2.45, 2.75) is 13.1 Å². The number of carbonyl (C=O) groups is 1. The second kappa shape index (κ2) is 4.89. The summed E-state index contributed by atoms with van der Waals surface area (Å²) in [4.78, 5) is 15.9. The molecule has 2 N–H and O–H groups in total. The number of amides is 2. The van der Waals surface area contributed by atoms with E-state index in [0.29, 0.717) is 18.8 Å². The number of benzene rings is 2. The second-order valence-corrected chi connectivity index (χ2v) is 5.07. The molecule has 20 heavy (non-hydrogen) atoms. The molecule has 0 saturated heterocycles. The first-order valence-corrected chi connectivity index (χ1v) is 6.60. The lowest BCUT2D eigenvalue weighted by Gasteiger charge is -2.35. The monoisotopic (exact) mass is 267 g/mol. The molecule has 1 aliphatic heterocycles. The highest BCUT2D eigenvalue weighted by atomic mass is 16.2. The van der Waals surface area contributed by atoms with E-state index in [1.807, 2.05) is 53.4 Å². The predicted molar refractivity (Wildman–Crippen MR) is 80.3 cm³/mol. The molecule has 102 valence electrons. The molecule has 0 spiro atoms. The molecule has 0 atom stereocenters. The third kappa shape index (κ3) is 2.20. The van der Waals surface area contributed by atoms with Crippen molar-refractivity contribution in [2.75, 3.05) is 17.7 Å². The zero-order valence-electron chi connectivity index (χ0n) is 11.4. The number of urea groups is 1. The summed E-state index contributed by atoms with van der Waals surface area (Å²) in [6, 6.07) is 15.8. The summed E-state index contributed by atoms with van der Waals surface area (Å²) in [6.45, 7) is 1.24. The van der Waals surface area contributed by atoms with E-state index < -0.39 is 0 Å². The summed E-state index contributed by atoms with van der Waals surface area (Å²) in [7, 11) is 1.79. The van der Waals surface area contributed by atoms with Gasteiger partial charge in [-0.25, -0.2) is 4.79 Å². The third-order valence-corrected chi connectivity index (χ3v) is 3.61. The number of anilines is 2. The first kappa shape index (κ1) is 12.5. The van der Waals surface area contributed by atoms with Gasteiger partial charge in [0.2, 0.25) is 0 Å². The Hall–Kier alpha value is -2.49. The van der Waals surface area contributed by atoms with Gasteiger partial charge < -0.3 is 10.6 Å². The number of fused-ring (bicyclic) bond motifs is 1. The summed E-state index contributed by atoms with van der Waals surface area (Å²) >= 11 is 0. The summed E-state index contributed by atoms with van der Waals surface area (Å²) in [5, 5.41) is 0. The molecule has 2 aromatic carbocycles. The smallest absolute Gasteiger partial charge is 0.324 e. The van der Waals surface area contributed by atoms with Crippen molar-refractivity contribution < 1.29 is 4.79 Å². The van der Waals surface area contributed by atoms with Gasteiger partial charge in [-0.3, -0.25) is 4.90 Å². The average Bonchev–Trinajstić information content (AvgIpc) is 2.46. The Balaban J connectivity index is 1.89. The molecule has 3 rings (SSSR count). The molecular weight excluding hydrogens is 250 g/mol. The highest BCUT2D eigenvalue weighted by Crippen LogP contribution is 2.30. The number of nitrogen functional groups attached to an aromatic ring is 1. The van der Waals surface area contributed by atoms with E-state index in [9.17, 15) is 4.79 Å². The highest BCUT2D eigenvalue weighted by molar-refractivity contribution is 5.94. The van der Waals surface area contributed by atoms with Crippen LogP contribution in [0.4, 0.5) is 16.2 Å². The van der Waals surface area contributed by atoms with Crippen LogP contribution in [0.25, 0.3) is 0 Å². The standard InChI is InChI=1S/C16H17N3O/c1-18-15-9-14(17)8-7-13(15)11-19(16(18)20)10-12-5-3-2-4-6-12/h2-9H,10-11,17H2,1H3. The largest absolute Gasteiger partial charge is 0.399 e. The van der Waals surface area contributed by atoms with E-state index in [0.717, 1.165) is 16.8 Å². The average molecular weight is 267 g/mol. The van der Waals surface area contributed by atoms with E-state index in [-0.39, 0.29) is 6.03 Å². The Labute approximate surface area is 118 Å². The Morgan fingerprint density at radius 2 is 1.90 bits per heavy atom. The Bertz CT molecular complexity index is 639. The van der Waals surface area contributed by atoms with Crippen LogP contribution in [-0.2, 0) is 13.1 Å². The van der Waals surface area contributed by atoms with E-state index in [1.165, 1.54) is 0 Å². The van der Waals surface area contributed by atoms with Gasteiger partial charge in [0.15, 0.2) is 0 Å². The maximum atomic E-state index is 12.4. The number of hydrogen-bond donors (Lipinski definition) is 1. The lowest BCUT2D eigenvalue weighted by Crippen LogP contribution is -2.44. The van der Waals surface area contributed by atoms with E-state index in [4.69, 9.17) is 5.73 Å². The summed E-state index contributed by atoms with van der Waals surface area (Å²) in [6.07, 6.45) is 0. The third-order valence-electron chi connectivity index (χ3n) is 3.61. The van der Waals surface area contributed by atoms with Crippen LogP contribution in [-0.4, -0.2) is 18.0 Å². The van der Waals surface area contributed by atoms with Gasteiger partial charge in [0.25, 0.3) is 0 Å². The lowest BCUT2D eigenvalue weighted by molar-refractivity contribution is 0.197. The van der Waals surface area contributed by atoms with Gasteiger partial charge in [-0.15, -0.1) is 0 Å². The van der Waals surface area contributed by atoms with Crippen molar-refractivity contribution in [3.8, 4) is 0 Å². The van der Waals surface area contributed by atoms with Crippen molar-refractivity contribution in [2.24, 2.45) is 0 Å². The quantitative estimate of drug-likeness (QED) is 0.851. The number of rotatable bonds is 2. The minimum absolute atomic E-state index is 0.00644. The Morgan fingerprint density at radius 3 is 2.65 bits per heavy atom. The molecule has 4 nitrogen and oxygen atoms in total. The molecule has 2 aromatic rings. The minimum atomic E-state index is 0.00644. The number of hydrogen-bond acceptors (Lipinski definition) is 2. The van der Waals surface area contributed by atoms with Gasteiger partial charge in [0.05, 0.1) is 5.69 Å². The topological polar surface area (TPSA) is 49.6 Å². The van der Waals surface area contributed by atoms with Crippen LogP contribution in [0.1, 0.15) is 11.1 Å². The molecule has 0 bridgehead atoms.